The van der Waals surface area contributed by atoms with E-state index >= 15 is 0 Å². The fourth-order valence-corrected chi connectivity index (χ4v) is 0. The molecule has 0 rings (SSSR count). The fraction of sp³-hybridized carbons (Fsp3) is 1.00. The Bertz CT molecular complexity index is 6.00. The normalized spacial score (nSPS) is 0.833. The van der Waals surface area contributed by atoms with Crippen molar-refractivity contribution in [2.24, 2.45) is 0 Å². The minimum atomic E-state index is 0. The van der Waals surface area contributed by atoms with Gasteiger partial charge >= 0.3 is 0 Å². The van der Waals surface area contributed by atoms with Gasteiger partial charge in [0.2, 0.25) is 0 Å². The molecule has 0 N–H and O–H groups in total. The molecule has 0 aliphatic heterocycles. The second-order valence-corrected chi connectivity index (χ2v) is 0. The van der Waals surface area contributed by atoms with Crippen molar-refractivity contribution in [1.82, 2.24) is 0 Å². The third-order valence-electron chi connectivity index (χ3n) is 0. The third kappa shape index (κ3) is 1130. The van der Waals surface area contributed by atoms with Gasteiger partial charge < -0.3 is 0 Å². The molecular weight excluding hydrogens is 68.5 g/mol. The highest BCUT2D eigenvalue weighted by molar-refractivity contribution is 6.05. The van der Waals surface area contributed by atoms with Crippen LogP contribution >= 0.6 is 0 Å². The smallest absolute Gasteiger partial charge is 0.0606 e. The Hall–Kier alpha value is 0.195. The minimum Gasteiger partial charge on any atom is -0.0999 e. The Morgan fingerprint density at radius 1 is 0.833 bits per heavy atom. The summed E-state index contributed by atoms with van der Waals surface area (Å²) in [6.07, 6.45) is 0. The average Bonchev–Trinajstić information content (AvgIpc) is 1.00. The van der Waals surface area contributed by atoms with Crippen molar-refractivity contribution < 1.29 is 0 Å². The van der Waals surface area contributed by atoms with Crippen molar-refractivity contribution in [2.45, 2.75) is 21.7 Å². The van der Waals surface area contributed by atoms with Crippen molar-refractivity contribution in [3.8, 4) is 0 Å². The molecule has 0 aromatic heterocycles. The predicted octanol–water partition coefficient (Wildman–Crippen LogP) is 0.714. The Kier molecular flexibility index (Phi) is 47000. The van der Waals surface area contributed by atoms with Crippen LogP contribution in [-0.2, 0) is 0 Å². The summed E-state index contributed by atoms with van der Waals surface area (Å²) in [5.41, 5.74) is 0. The first-order chi connectivity index (χ1) is 1.00. The van der Waals surface area contributed by atoms with E-state index in [1.807, 2.05) is 0 Å². The average molecular weight is 79.6 g/mol. The quantitative estimate of drug-likeness (QED) is 0.375. The van der Waals surface area contributed by atoms with Crippen molar-refractivity contribution in [3.05, 3.63) is 0 Å². The molecule has 0 aliphatic rings. The molecule has 8 radical (unpaired) electrons. The van der Waals surface area contributed by atoms with Gasteiger partial charge in [-0.25, -0.2) is 0 Å². The molecule has 0 fully saturated rings. The van der Waals surface area contributed by atoms with Gasteiger partial charge in [0.25, 0.3) is 0 Å². The van der Waals surface area contributed by atoms with Crippen LogP contribution in [0.3, 0.4) is 0 Å². The van der Waals surface area contributed by atoms with E-state index in [9.17, 15) is 0 Å². The van der Waals surface area contributed by atoms with E-state index in [1.54, 1.807) is 0 Å². The summed E-state index contributed by atoms with van der Waals surface area (Å²) in [7, 11) is 4.50. The molecule has 0 nitrogen and oxygen atoms in total. The molecule has 0 atom stereocenters. The van der Waals surface area contributed by atoms with Crippen LogP contribution < -0.4 is 0 Å². The number of hydrogen-bond acceptors (Lipinski definition) is 0. The van der Waals surface area contributed by atoms with Crippen LogP contribution in [0.4, 0.5) is 0 Å². The third-order valence-corrected chi connectivity index (χ3v) is 0. The van der Waals surface area contributed by atoms with E-state index in [0.29, 0.717) is 0 Å². The van der Waals surface area contributed by atoms with Gasteiger partial charge in [-0.05, 0) is 0 Å². The van der Waals surface area contributed by atoms with Gasteiger partial charge in [-0.2, -0.15) is 0 Å². The molecule has 6 heavy (non-hydrogen) atoms. The summed E-state index contributed by atoms with van der Waals surface area (Å²) >= 11 is 0. The number of rotatable bonds is 0. The molecule has 0 aliphatic carbocycles. The largest absolute Gasteiger partial charge is 0.0999 e. The van der Waals surface area contributed by atoms with E-state index in [0.717, 1.165) is 0 Å². The molecule has 0 saturated carbocycles. The van der Waals surface area contributed by atoms with E-state index in [-0.39, 0.29) is 31.7 Å². The molecular formula is C3H11B3. The van der Waals surface area contributed by atoms with Gasteiger partial charge in [-0.15, -0.1) is 0 Å². The van der Waals surface area contributed by atoms with E-state index in [2.05, 4.69) is 7.85 Å². The molecule has 0 amide bonds. The predicted molar refractivity (Wildman–Crippen MR) is 36.6 cm³/mol. The van der Waals surface area contributed by atoms with Gasteiger partial charge in [0.05, 0.1) is 7.85 Å². The maximum Gasteiger partial charge on any atom is 0.0606 e. The topological polar surface area (TPSA) is 0 Å². The van der Waals surface area contributed by atoms with Crippen LogP contribution in [0.25, 0.3) is 0 Å². The lowest BCUT2D eigenvalue weighted by atomic mass is 10.2. The van der Waals surface area contributed by atoms with Gasteiger partial charge in [0.1, 0.15) is 0 Å². The molecule has 3 heteroatoms. The second kappa shape index (κ2) is 2410. The van der Waals surface area contributed by atoms with E-state index in [1.165, 1.54) is 6.82 Å². The van der Waals surface area contributed by atoms with Crippen LogP contribution in [0, 0.1) is 0 Å². The zero-order chi connectivity index (χ0) is 2.00. The van der Waals surface area contributed by atoms with Crippen LogP contribution in [0.5, 0.6) is 0 Å². The first kappa shape index (κ1) is 117. The first-order valence-corrected chi connectivity index (χ1v) is 0.577. The molecule has 0 spiro atoms. The van der Waals surface area contributed by atoms with Gasteiger partial charge in [0, 0.05) is 16.8 Å². The lowest BCUT2D eigenvalue weighted by Gasteiger charge is -1.02. The first-order valence-electron chi connectivity index (χ1n) is 0.577. The zero-order valence-electron chi connectivity index (χ0n) is 2.73. The Balaban J connectivity index is -0.000000000833. The molecule has 32 valence electrons. The van der Waals surface area contributed by atoms with Crippen molar-refractivity contribution in [1.29, 1.82) is 0 Å². The van der Waals surface area contributed by atoms with Gasteiger partial charge in [-0.3, -0.25) is 0 Å². The highest BCUT2D eigenvalue weighted by atomic mass is 12.6. The lowest BCUT2D eigenvalue weighted by molar-refractivity contribution is 2.40. The molecule has 0 bridgehead atoms. The zero-order valence-corrected chi connectivity index (χ0v) is 2.73. The van der Waals surface area contributed by atoms with E-state index in [4.69, 9.17) is 0 Å². The summed E-state index contributed by atoms with van der Waals surface area (Å²) in [6.45, 7) is 1.50. The van der Waals surface area contributed by atoms with Crippen molar-refractivity contribution in [2.75, 3.05) is 0 Å². The molecule has 0 aromatic carbocycles. The SMILES string of the molecule is C.C.[B].[B].[B]C. The Labute approximate surface area is 47.3 Å². The highest BCUT2D eigenvalue weighted by Crippen LogP contribution is 0.960. The Morgan fingerprint density at radius 2 is 0.833 bits per heavy atom. The van der Waals surface area contributed by atoms with Crippen LogP contribution in [-0.4, -0.2) is 24.7 Å². The number of hydrogen-bond donors (Lipinski definition) is 0. The molecule has 0 saturated heterocycles. The van der Waals surface area contributed by atoms with Crippen molar-refractivity contribution >= 4 is 24.7 Å². The Morgan fingerprint density at radius 3 is 0.833 bits per heavy atom. The monoisotopic (exact) mass is 80.1 g/mol. The summed E-state index contributed by atoms with van der Waals surface area (Å²) in [6, 6.07) is 0. The standard InChI is InChI=1S/CH3B.2CH4.2B/c1-2;;;;/h1H3;2*1H4;;. The molecule has 0 unspecified atom stereocenters. The van der Waals surface area contributed by atoms with Crippen LogP contribution in [0.15, 0.2) is 0 Å². The van der Waals surface area contributed by atoms with Gasteiger partial charge in [-0.1, -0.05) is 21.7 Å². The highest BCUT2D eigenvalue weighted by Gasteiger charge is 0.984. The maximum atomic E-state index is 4.50. The second-order valence-electron chi connectivity index (χ2n) is 0. The summed E-state index contributed by atoms with van der Waals surface area (Å²) in [5, 5.41) is 0. The summed E-state index contributed by atoms with van der Waals surface area (Å²) in [5.74, 6) is 0. The van der Waals surface area contributed by atoms with Crippen LogP contribution in [0.1, 0.15) is 14.9 Å². The molecule has 0 aromatic rings. The summed E-state index contributed by atoms with van der Waals surface area (Å²) < 4.78 is 0. The van der Waals surface area contributed by atoms with Gasteiger partial charge in [0.15, 0.2) is 0 Å². The lowest BCUT2D eigenvalue weighted by Crippen LogP contribution is -1.13. The summed E-state index contributed by atoms with van der Waals surface area (Å²) in [4.78, 5) is 0. The molecule has 0 heterocycles. The van der Waals surface area contributed by atoms with E-state index < -0.39 is 0 Å². The van der Waals surface area contributed by atoms with Crippen molar-refractivity contribution in [3.63, 3.8) is 0 Å². The maximum absolute atomic E-state index is 4.50. The fourth-order valence-electron chi connectivity index (χ4n) is 0. The minimum absolute atomic E-state index is 0. The van der Waals surface area contributed by atoms with Crippen LogP contribution in [0.2, 0.25) is 6.82 Å².